The van der Waals surface area contributed by atoms with Gasteiger partial charge in [0, 0.05) is 12.2 Å². The van der Waals surface area contributed by atoms with E-state index < -0.39 is 18.0 Å². The largest absolute Gasteiger partial charge is 0.348 e. The molecule has 2 aromatic rings. The second kappa shape index (κ2) is 9.37. The number of anilines is 1. The van der Waals surface area contributed by atoms with E-state index in [-0.39, 0.29) is 12.3 Å². The number of nitrogens with zero attached hydrogens (tertiary/aromatic N) is 2. The minimum atomic E-state index is -0.752. The number of aryl methyl sites for hydroxylation is 1. The van der Waals surface area contributed by atoms with Gasteiger partial charge >= 0.3 is 12.0 Å². The fourth-order valence-corrected chi connectivity index (χ4v) is 3.02. The van der Waals surface area contributed by atoms with E-state index >= 15 is 0 Å². The van der Waals surface area contributed by atoms with Crippen LogP contribution in [-0.4, -0.2) is 30.5 Å². The zero-order chi connectivity index (χ0) is 20.6. The molecule has 2 aromatic carbocycles. The van der Waals surface area contributed by atoms with E-state index in [1.54, 1.807) is 24.3 Å². The van der Waals surface area contributed by atoms with Crippen molar-refractivity contribution in [1.29, 1.82) is 5.26 Å². The molecule has 2 N–H and O–H groups in total. The van der Waals surface area contributed by atoms with Crippen LogP contribution in [0.3, 0.4) is 0 Å². The molecule has 0 unspecified atom stereocenters. The minimum Gasteiger partial charge on any atom is -0.339 e. The maximum atomic E-state index is 12.5. The van der Waals surface area contributed by atoms with Gasteiger partial charge in [-0.2, -0.15) is 10.7 Å². The van der Waals surface area contributed by atoms with Crippen LogP contribution in [-0.2, 0) is 20.8 Å². The first-order valence-corrected chi connectivity index (χ1v) is 9.18. The quantitative estimate of drug-likeness (QED) is 0.757. The van der Waals surface area contributed by atoms with Crippen molar-refractivity contribution in [2.45, 2.75) is 25.3 Å². The third kappa shape index (κ3) is 5.32. The fourth-order valence-electron chi connectivity index (χ4n) is 3.02. The number of hydrogen-bond donors (Lipinski definition) is 2. The summed E-state index contributed by atoms with van der Waals surface area (Å²) < 4.78 is 0. The Morgan fingerprint density at radius 3 is 2.55 bits per heavy atom. The van der Waals surface area contributed by atoms with Crippen LogP contribution in [0.4, 0.5) is 10.5 Å². The molecule has 1 aliphatic rings. The number of hydrogen-bond acceptors (Lipinski definition) is 5. The zero-order valence-electron chi connectivity index (χ0n) is 15.6. The van der Waals surface area contributed by atoms with Crippen LogP contribution in [0.5, 0.6) is 0 Å². The van der Waals surface area contributed by atoms with Crippen LogP contribution in [0.1, 0.15) is 24.0 Å². The van der Waals surface area contributed by atoms with E-state index in [0.717, 1.165) is 5.56 Å². The normalized spacial score (nSPS) is 15.5. The lowest BCUT2D eigenvalue weighted by atomic mass is 10.1. The zero-order valence-corrected chi connectivity index (χ0v) is 15.6. The van der Waals surface area contributed by atoms with Crippen molar-refractivity contribution in [2.75, 3.05) is 11.4 Å². The van der Waals surface area contributed by atoms with Gasteiger partial charge in [0.1, 0.15) is 6.04 Å². The molecule has 8 heteroatoms. The highest BCUT2D eigenvalue weighted by atomic mass is 16.7. The predicted octanol–water partition coefficient (Wildman–Crippen LogP) is 2.05. The van der Waals surface area contributed by atoms with Gasteiger partial charge in [-0.05, 0) is 42.7 Å². The van der Waals surface area contributed by atoms with E-state index in [0.29, 0.717) is 30.6 Å². The monoisotopic (exact) mass is 392 g/mol. The van der Waals surface area contributed by atoms with Crippen molar-refractivity contribution in [3.8, 4) is 6.07 Å². The average Bonchev–Trinajstić information content (AvgIpc) is 3.11. The van der Waals surface area contributed by atoms with Crippen molar-refractivity contribution in [2.24, 2.45) is 0 Å². The van der Waals surface area contributed by atoms with Crippen molar-refractivity contribution in [1.82, 2.24) is 10.8 Å². The summed E-state index contributed by atoms with van der Waals surface area (Å²) in [6.07, 6.45) is 1.05. The van der Waals surface area contributed by atoms with E-state index in [1.807, 2.05) is 41.9 Å². The molecular weight excluding hydrogens is 372 g/mol. The molecule has 0 bridgehead atoms. The Hall–Kier alpha value is -3.86. The second-order valence-electron chi connectivity index (χ2n) is 6.53. The molecule has 1 aliphatic heterocycles. The number of nitrogens with one attached hydrogen (secondary N) is 2. The number of amides is 3. The molecule has 0 spiro atoms. The van der Waals surface area contributed by atoms with Crippen LogP contribution in [0.25, 0.3) is 0 Å². The lowest BCUT2D eigenvalue weighted by Gasteiger charge is -2.17. The summed E-state index contributed by atoms with van der Waals surface area (Å²) in [7, 11) is 0. The minimum absolute atomic E-state index is 0.124. The average molecular weight is 392 g/mol. The summed E-state index contributed by atoms with van der Waals surface area (Å²) in [5.74, 6) is -0.832. The summed E-state index contributed by atoms with van der Waals surface area (Å²) in [5, 5.41) is 11.4. The molecule has 29 heavy (non-hydrogen) atoms. The van der Waals surface area contributed by atoms with Gasteiger partial charge in [-0.3, -0.25) is 4.79 Å². The number of benzene rings is 2. The first-order valence-electron chi connectivity index (χ1n) is 9.18. The van der Waals surface area contributed by atoms with Crippen LogP contribution in [0.15, 0.2) is 54.6 Å². The molecule has 1 fully saturated rings. The highest BCUT2D eigenvalue weighted by Crippen LogP contribution is 2.22. The molecule has 8 nitrogen and oxygen atoms in total. The van der Waals surface area contributed by atoms with E-state index in [4.69, 9.17) is 10.1 Å². The molecule has 1 atom stereocenters. The van der Waals surface area contributed by atoms with Crippen LogP contribution < -0.4 is 15.7 Å². The number of carbonyl (C=O) groups excluding carboxylic acids is 3. The number of carbonyl (C=O) groups is 3. The van der Waals surface area contributed by atoms with E-state index in [1.165, 1.54) is 4.90 Å². The second-order valence-corrected chi connectivity index (χ2v) is 6.53. The SMILES string of the molecule is N#Cc1ccc(N2CC[C@H](NC(=O)NOC(=O)CCc3ccccc3)C2=O)cc1. The standard InChI is InChI=1S/C21H20N4O4/c22-14-16-6-9-17(10-7-16)25-13-12-18(20(25)27)23-21(28)24-29-19(26)11-8-15-4-2-1-3-5-15/h1-7,9-10,18H,8,11-13H2,(H2,23,24,28)/t18-/m0/s1. The highest BCUT2D eigenvalue weighted by Gasteiger charge is 2.33. The van der Waals surface area contributed by atoms with Gasteiger partial charge in [0.25, 0.3) is 0 Å². The lowest BCUT2D eigenvalue weighted by molar-refractivity contribution is -0.148. The van der Waals surface area contributed by atoms with Gasteiger partial charge in [-0.15, -0.1) is 0 Å². The van der Waals surface area contributed by atoms with Gasteiger partial charge in [0.15, 0.2) is 0 Å². The fraction of sp³-hybridized carbons (Fsp3) is 0.238. The maximum absolute atomic E-state index is 12.5. The van der Waals surface area contributed by atoms with E-state index in [2.05, 4.69) is 5.32 Å². The third-order valence-electron chi connectivity index (χ3n) is 4.54. The van der Waals surface area contributed by atoms with Gasteiger partial charge < -0.3 is 15.1 Å². The Bertz CT molecular complexity index is 922. The molecule has 1 heterocycles. The molecular formula is C21H20N4O4. The highest BCUT2D eigenvalue weighted by molar-refractivity contribution is 6.01. The first kappa shape index (κ1) is 19.9. The van der Waals surface area contributed by atoms with Gasteiger partial charge in [0.05, 0.1) is 18.1 Å². The molecule has 148 valence electrons. The van der Waals surface area contributed by atoms with Gasteiger partial charge in [-0.1, -0.05) is 30.3 Å². The summed E-state index contributed by atoms with van der Waals surface area (Å²) >= 11 is 0. The number of nitriles is 1. The number of hydroxylamine groups is 1. The van der Waals surface area contributed by atoms with E-state index in [9.17, 15) is 14.4 Å². The van der Waals surface area contributed by atoms with Crippen molar-refractivity contribution in [3.05, 3.63) is 65.7 Å². The van der Waals surface area contributed by atoms with Crippen molar-refractivity contribution < 1.29 is 19.2 Å². The molecule has 1 saturated heterocycles. The lowest BCUT2D eigenvalue weighted by Crippen LogP contribution is -2.46. The van der Waals surface area contributed by atoms with Gasteiger partial charge in [0.2, 0.25) is 5.91 Å². The van der Waals surface area contributed by atoms with Crippen LogP contribution >= 0.6 is 0 Å². The Morgan fingerprint density at radius 1 is 1.14 bits per heavy atom. The predicted molar refractivity (Wildman–Crippen MR) is 104 cm³/mol. The van der Waals surface area contributed by atoms with Crippen LogP contribution in [0, 0.1) is 11.3 Å². The topological polar surface area (TPSA) is 112 Å². The Morgan fingerprint density at radius 2 is 1.86 bits per heavy atom. The Kier molecular flexibility index (Phi) is 6.43. The molecule has 3 amide bonds. The summed E-state index contributed by atoms with van der Waals surface area (Å²) in [6.45, 7) is 0.437. The molecule has 0 saturated carbocycles. The molecule has 0 radical (unpaired) electrons. The molecule has 0 aliphatic carbocycles. The van der Waals surface area contributed by atoms with Crippen molar-refractivity contribution in [3.63, 3.8) is 0 Å². The smallest absolute Gasteiger partial charge is 0.339 e. The Labute approximate surface area is 168 Å². The third-order valence-corrected chi connectivity index (χ3v) is 4.54. The summed E-state index contributed by atoms with van der Waals surface area (Å²) in [6, 6.07) is 16.6. The van der Waals surface area contributed by atoms with Crippen molar-refractivity contribution >= 4 is 23.6 Å². The first-order chi connectivity index (χ1) is 14.1. The van der Waals surface area contributed by atoms with Gasteiger partial charge in [-0.25, -0.2) is 9.59 Å². The Balaban J connectivity index is 1.42. The molecule has 0 aromatic heterocycles. The van der Waals surface area contributed by atoms with Crippen LogP contribution in [0.2, 0.25) is 0 Å². The summed E-state index contributed by atoms with van der Waals surface area (Å²) in [4.78, 5) is 42.5. The summed E-state index contributed by atoms with van der Waals surface area (Å²) in [5.41, 5.74) is 4.18. The number of rotatable bonds is 5. The maximum Gasteiger partial charge on any atom is 0.348 e. The number of urea groups is 1. The molecule has 3 rings (SSSR count).